The summed E-state index contributed by atoms with van der Waals surface area (Å²) in [4.78, 5) is 15.8. The summed E-state index contributed by atoms with van der Waals surface area (Å²) < 4.78 is 5.23. The van der Waals surface area contributed by atoms with Crippen LogP contribution in [0.4, 0.5) is 0 Å². The number of hydrogen-bond acceptors (Lipinski definition) is 3. The van der Waals surface area contributed by atoms with Gasteiger partial charge in [-0.1, -0.05) is 24.3 Å². The summed E-state index contributed by atoms with van der Waals surface area (Å²) in [6.07, 6.45) is 6.45. The van der Waals surface area contributed by atoms with E-state index in [-0.39, 0.29) is 5.91 Å². The number of ether oxygens (including phenoxy) is 1. The second kappa shape index (κ2) is 8.59. The first-order chi connectivity index (χ1) is 10.7. The van der Waals surface area contributed by atoms with E-state index in [4.69, 9.17) is 4.74 Å². The molecule has 4 nitrogen and oxygen atoms in total. The van der Waals surface area contributed by atoms with Crippen LogP contribution >= 0.6 is 0 Å². The van der Waals surface area contributed by atoms with E-state index in [2.05, 4.69) is 23.1 Å². The number of hydrogen-bond donors (Lipinski definition) is 0. The van der Waals surface area contributed by atoms with Crippen LogP contribution in [0.15, 0.2) is 30.3 Å². The molecule has 1 aliphatic rings. The molecule has 0 bridgehead atoms. The summed E-state index contributed by atoms with van der Waals surface area (Å²) in [6, 6.07) is 8.07. The van der Waals surface area contributed by atoms with Gasteiger partial charge in [-0.25, -0.2) is 0 Å². The molecule has 22 heavy (non-hydrogen) atoms. The quantitative estimate of drug-likeness (QED) is 0.838. The highest BCUT2D eigenvalue weighted by atomic mass is 16.5. The molecule has 1 aromatic rings. The SMILES string of the molecule is COc1cccc(C=CCCN2CCCN(C(C)=O)CC2)c1. The van der Waals surface area contributed by atoms with E-state index in [1.165, 1.54) is 0 Å². The fourth-order valence-corrected chi connectivity index (χ4v) is 2.73. The average molecular weight is 302 g/mol. The van der Waals surface area contributed by atoms with E-state index in [0.717, 1.165) is 56.9 Å². The van der Waals surface area contributed by atoms with Crippen LogP contribution in [0.25, 0.3) is 6.08 Å². The molecule has 1 aliphatic heterocycles. The van der Waals surface area contributed by atoms with Crippen LogP contribution < -0.4 is 4.74 Å². The van der Waals surface area contributed by atoms with Crippen molar-refractivity contribution in [2.45, 2.75) is 19.8 Å². The number of amides is 1. The van der Waals surface area contributed by atoms with Gasteiger partial charge in [0.15, 0.2) is 0 Å². The summed E-state index contributed by atoms with van der Waals surface area (Å²) in [5.74, 6) is 1.08. The lowest BCUT2D eigenvalue weighted by Gasteiger charge is -2.20. The predicted molar refractivity (Wildman–Crippen MR) is 90.0 cm³/mol. The monoisotopic (exact) mass is 302 g/mol. The van der Waals surface area contributed by atoms with Crippen LogP contribution in [0.2, 0.25) is 0 Å². The van der Waals surface area contributed by atoms with Gasteiger partial charge in [0.25, 0.3) is 0 Å². The number of rotatable bonds is 5. The second-order valence-corrected chi connectivity index (χ2v) is 5.67. The van der Waals surface area contributed by atoms with Crippen molar-refractivity contribution in [1.82, 2.24) is 9.80 Å². The molecule has 1 fully saturated rings. The Balaban J connectivity index is 1.76. The molecule has 1 amide bonds. The minimum absolute atomic E-state index is 0.194. The maximum Gasteiger partial charge on any atom is 0.219 e. The first kappa shape index (κ1) is 16.6. The van der Waals surface area contributed by atoms with Crippen molar-refractivity contribution in [1.29, 1.82) is 0 Å². The van der Waals surface area contributed by atoms with Gasteiger partial charge in [-0.15, -0.1) is 0 Å². The summed E-state index contributed by atoms with van der Waals surface area (Å²) >= 11 is 0. The Morgan fingerprint density at radius 2 is 2.14 bits per heavy atom. The average Bonchev–Trinajstić information content (AvgIpc) is 2.77. The molecular weight excluding hydrogens is 276 g/mol. The van der Waals surface area contributed by atoms with Crippen LogP contribution in [-0.4, -0.2) is 55.5 Å². The van der Waals surface area contributed by atoms with Gasteiger partial charge in [-0.3, -0.25) is 4.79 Å². The molecule has 2 rings (SSSR count). The van der Waals surface area contributed by atoms with Gasteiger partial charge in [0, 0.05) is 33.1 Å². The summed E-state index contributed by atoms with van der Waals surface area (Å²) in [5.41, 5.74) is 1.16. The molecule has 0 aliphatic carbocycles. The predicted octanol–water partition coefficient (Wildman–Crippen LogP) is 2.65. The minimum Gasteiger partial charge on any atom is -0.497 e. The van der Waals surface area contributed by atoms with Gasteiger partial charge in [0.05, 0.1) is 7.11 Å². The lowest BCUT2D eigenvalue weighted by molar-refractivity contribution is -0.128. The normalized spacial score (nSPS) is 16.7. The van der Waals surface area contributed by atoms with Gasteiger partial charge in [0.2, 0.25) is 5.91 Å². The molecule has 1 saturated heterocycles. The maximum atomic E-state index is 11.4. The van der Waals surface area contributed by atoms with E-state index in [1.54, 1.807) is 14.0 Å². The van der Waals surface area contributed by atoms with Crippen molar-refractivity contribution in [2.75, 3.05) is 39.8 Å². The van der Waals surface area contributed by atoms with Crippen molar-refractivity contribution >= 4 is 12.0 Å². The molecule has 0 radical (unpaired) electrons. The molecular formula is C18H26N2O2. The number of carbonyl (C=O) groups excluding carboxylic acids is 1. The summed E-state index contributed by atoms with van der Waals surface area (Å²) in [6.45, 7) is 6.52. The van der Waals surface area contributed by atoms with Crippen molar-refractivity contribution in [3.8, 4) is 5.75 Å². The van der Waals surface area contributed by atoms with E-state index in [1.807, 2.05) is 23.1 Å². The topological polar surface area (TPSA) is 32.8 Å². The number of nitrogens with zero attached hydrogens (tertiary/aromatic N) is 2. The van der Waals surface area contributed by atoms with Crippen LogP contribution in [0, 0.1) is 0 Å². The fraction of sp³-hybridized carbons (Fsp3) is 0.500. The highest BCUT2D eigenvalue weighted by Crippen LogP contribution is 2.14. The van der Waals surface area contributed by atoms with E-state index >= 15 is 0 Å². The highest BCUT2D eigenvalue weighted by Gasteiger charge is 2.15. The molecule has 0 atom stereocenters. The van der Waals surface area contributed by atoms with Gasteiger partial charge in [-0.2, -0.15) is 0 Å². The van der Waals surface area contributed by atoms with Crippen molar-refractivity contribution in [2.24, 2.45) is 0 Å². The molecule has 0 spiro atoms. The lowest BCUT2D eigenvalue weighted by atomic mass is 10.2. The van der Waals surface area contributed by atoms with Gasteiger partial charge >= 0.3 is 0 Å². The van der Waals surface area contributed by atoms with Crippen molar-refractivity contribution in [3.05, 3.63) is 35.9 Å². The van der Waals surface area contributed by atoms with Crippen molar-refractivity contribution in [3.63, 3.8) is 0 Å². The largest absolute Gasteiger partial charge is 0.497 e. The highest BCUT2D eigenvalue weighted by molar-refractivity contribution is 5.73. The summed E-state index contributed by atoms with van der Waals surface area (Å²) in [7, 11) is 1.69. The van der Waals surface area contributed by atoms with Crippen LogP contribution in [0.1, 0.15) is 25.3 Å². The Morgan fingerprint density at radius 1 is 1.27 bits per heavy atom. The number of carbonyl (C=O) groups is 1. The zero-order chi connectivity index (χ0) is 15.8. The van der Waals surface area contributed by atoms with E-state index in [9.17, 15) is 4.79 Å². The Hall–Kier alpha value is -1.81. The second-order valence-electron chi connectivity index (χ2n) is 5.67. The standard InChI is InChI=1S/C18H26N2O2/c1-16(21)20-12-6-11-19(13-14-20)10-4-3-7-17-8-5-9-18(15-17)22-2/h3,5,7-9,15H,4,6,10-14H2,1-2H3. The molecule has 120 valence electrons. The Kier molecular flexibility index (Phi) is 6.46. The third kappa shape index (κ3) is 5.19. The molecule has 0 unspecified atom stereocenters. The zero-order valence-electron chi connectivity index (χ0n) is 13.6. The molecule has 1 aromatic carbocycles. The Labute approximate surface area is 133 Å². The van der Waals surface area contributed by atoms with Crippen LogP contribution in [0.3, 0.4) is 0 Å². The van der Waals surface area contributed by atoms with Crippen LogP contribution in [0.5, 0.6) is 5.75 Å². The summed E-state index contributed by atoms with van der Waals surface area (Å²) in [5, 5.41) is 0. The molecule has 0 aromatic heterocycles. The molecule has 0 saturated carbocycles. The molecule has 1 heterocycles. The van der Waals surface area contributed by atoms with E-state index in [0.29, 0.717) is 0 Å². The maximum absolute atomic E-state index is 11.4. The first-order valence-electron chi connectivity index (χ1n) is 7.97. The first-order valence-corrected chi connectivity index (χ1v) is 7.97. The number of methoxy groups -OCH3 is 1. The van der Waals surface area contributed by atoms with Gasteiger partial charge in [-0.05, 0) is 37.1 Å². The van der Waals surface area contributed by atoms with E-state index < -0.39 is 0 Å². The third-order valence-electron chi connectivity index (χ3n) is 4.05. The minimum atomic E-state index is 0.194. The fourth-order valence-electron chi connectivity index (χ4n) is 2.73. The number of benzene rings is 1. The van der Waals surface area contributed by atoms with Crippen molar-refractivity contribution < 1.29 is 9.53 Å². The molecule has 4 heteroatoms. The molecule has 0 N–H and O–H groups in total. The lowest BCUT2D eigenvalue weighted by Crippen LogP contribution is -2.33. The third-order valence-corrected chi connectivity index (χ3v) is 4.05. The van der Waals surface area contributed by atoms with Gasteiger partial charge in [0.1, 0.15) is 5.75 Å². The van der Waals surface area contributed by atoms with Crippen LogP contribution in [-0.2, 0) is 4.79 Å². The van der Waals surface area contributed by atoms with Gasteiger partial charge < -0.3 is 14.5 Å². The Morgan fingerprint density at radius 3 is 2.91 bits per heavy atom. The Bertz CT molecular complexity index is 514. The smallest absolute Gasteiger partial charge is 0.219 e. The zero-order valence-corrected chi connectivity index (χ0v) is 13.6.